The third kappa shape index (κ3) is 3.53. The predicted octanol–water partition coefficient (Wildman–Crippen LogP) is 1.47. The zero-order chi connectivity index (χ0) is 13.8. The second kappa shape index (κ2) is 6.15. The molecule has 2 rings (SSSR count). The maximum absolute atomic E-state index is 13.5. The van der Waals surface area contributed by atoms with Crippen LogP contribution in [0.5, 0.6) is 0 Å². The molecule has 3 nitrogen and oxygen atoms in total. The van der Waals surface area contributed by atoms with E-state index in [4.69, 9.17) is 0 Å². The van der Waals surface area contributed by atoms with E-state index in [2.05, 4.69) is 12.2 Å². The van der Waals surface area contributed by atoms with E-state index in [1.54, 1.807) is 18.2 Å². The zero-order valence-corrected chi connectivity index (χ0v) is 11.6. The van der Waals surface area contributed by atoms with E-state index >= 15 is 0 Å². The quantitative estimate of drug-likeness (QED) is 0.852. The van der Waals surface area contributed by atoms with Crippen LogP contribution in [0.25, 0.3) is 0 Å². The van der Waals surface area contributed by atoms with E-state index < -0.39 is 0 Å². The topological polar surface area (TPSA) is 33.5 Å². The molecule has 0 spiro atoms. The molecule has 0 aliphatic carbocycles. The molecule has 1 unspecified atom stereocenters. The average molecular weight is 265 g/mol. The largest absolute Gasteiger partial charge is 0.325 e. The van der Waals surface area contributed by atoms with Gasteiger partial charge in [0.2, 0.25) is 0 Å². The number of piperidine rings is 1. The highest BCUT2D eigenvalue weighted by Gasteiger charge is 2.29. The minimum absolute atomic E-state index is 0.103. The molecule has 1 aliphatic rings. The molecule has 104 valence electrons. The molecule has 0 bridgehead atoms. The van der Waals surface area contributed by atoms with Crippen molar-refractivity contribution >= 4 is 11.6 Å². The van der Waals surface area contributed by atoms with Gasteiger partial charge in [-0.3, -0.25) is 4.79 Å². The first-order valence-corrected chi connectivity index (χ1v) is 6.98. The van der Waals surface area contributed by atoms with E-state index in [0.717, 1.165) is 19.5 Å². The lowest BCUT2D eigenvalue weighted by Crippen LogP contribution is -3.17. The number of carbonyl (C=O) groups excluding carboxylic acids is 1. The SMILES string of the molecule is C[C@@H]1CCC[NH+]([C@@H](C)C(=O)Nc2ccccc2F)C1. The molecule has 1 aromatic carbocycles. The molecule has 19 heavy (non-hydrogen) atoms. The van der Waals surface area contributed by atoms with Crippen LogP contribution < -0.4 is 10.2 Å². The summed E-state index contributed by atoms with van der Waals surface area (Å²) in [4.78, 5) is 13.5. The number of hydrogen-bond donors (Lipinski definition) is 2. The molecule has 0 radical (unpaired) electrons. The van der Waals surface area contributed by atoms with Crippen molar-refractivity contribution in [2.75, 3.05) is 18.4 Å². The van der Waals surface area contributed by atoms with Gasteiger partial charge in [0.05, 0.1) is 18.8 Å². The first-order valence-electron chi connectivity index (χ1n) is 6.98. The van der Waals surface area contributed by atoms with Crippen molar-refractivity contribution in [2.24, 2.45) is 5.92 Å². The van der Waals surface area contributed by atoms with Gasteiger partial charge in [-0.25, -0.2) is 4.39 Å². The molecule has 2 N–H and O–H groups in total. The number of para-hydroxylation sites is 1. The monoisotopic (exact) mass is 265 g/mol. The van der Waals surface area contributed by atoms with Gasteiger partial charge in [-0.05, 0) is 31.9 Å². The zero-order valence-electron chi connectivity index (χ0n) is 11.6. The Morgan fingerprint density at radius 1 is 1.47 bits per heavy atom. The number of amides is 1. The number of likely N-dealkylation sites (tertiary alicyclic amines) is 1. The Balaban J connectivity index is 1.97. The maximum Gasteiger partial charge on any atom is 0.282 e. The maximum atomic E-state index is 13.5. The highest BCUT2D eigenvalue weighted by Crippen LogP contribution is 2.12. The van der Waals surface area contributed by atoms with Crippen molar-refractivity contribution in [2.45, 2.75) is 32.7 Å². The van der Waals surface area contributed by atoms with Gasteiger partial charge in [0.15, 0.2) is 6.04 Å². The standard InChI is InChI=1S/C15H21FN2O/c1-11-6-5-9-18(10-11)12(2)15(19)17-14-8-4-3-7-13(14)16/h3-4,7-8,11-12H,5-6,9-10H2,1-2H3,(H,17,19)/p+1/t11-,12+/m1/s1. The number of benzene rings is 1. The first kappa shape index (κ1) is 14.0. The molecule has 1 heterocycles. The molecule has 1 fully saturated rings. The van der Waals surface area contributed by atoms with Crippen LogP contribution in [0.4, 0.5) is 10.1 Å². The van der Waals surface area contributed by atoms with Gasteiger partial charge in [0, 0.05) is 5.92 Å². The van der Waals surface area contributed by atoms with Crippen LogP contribution in [-0.4, -0.2) is 25.0 Å². The lowest BCUT2D eigenvalue weighted by molar-refractivity contribution is -0.922. The van der Waals surface area contributed by atoms with Gasteiger partial charge in [-0.2, -0.15) is 0 Å². The Hall–Kier alpha value is -1.42. The van der Waals surface area contributed by atoms with Crippen LogP contribution in [0.2, 0.25) is 0 Å². The Morgan fingerprint density at radius 2 is 2.21 bits per heavy atom. The predicted molar refractivity (Wildman–Crippen MR) is 73.6 cm³/mol. The molecule has 1 aromatic rings. The summed E-state index contributed by atoms with van der Waals surface area (Å²) in [5.74, 6) is 0.173. The van der Waals surface area contributed by atoms with Crippen LogP contribution >= 0.6 is 0 Å². The summed E-state index contributed by atoms with van der Waals surface area (Å²) in [6.45, 7) is 6.19. The Bertz CT molecular complexity index is 450. The van der Waals surface area contributed by atoms with Crippen molar-refractivity contribution in [3.05, 3.63) is 30.1 Å². The van der Waals surface area contributed by atoms with Crippen molar-refractivity contribution in [1.82, 2.24) is 0 Å². The van der Waals surface area contributed by atoms with Gasteiger partial charge in [-0.15, -0.1) is 0 Å². The second-order valence-corrected chi connectivity index (χ2v) is 5.55. The summed E-state index contributed by atoms with van der Waals surface area (Å²) >= 11 is 0. The van der Waals surface area contributed by atoms with Crippen molar-refractivity contribution in [1.29, 1.82) is 0 Å². The number of halogens is 1. The first-order chi connectivity index (χ1) is 9.08. The van der Waals surface area contributed by atoms with E-state index in [0.29, 0.717) is 5.92 Å². The minimum Gasteiger partial charge on any atom is -0.325 e. The number of anilines is 1. The third-order valence-corrected chi connectivity index (χ3v) is 3.94. The van der Waals surface area contributed by atoms with Crippen LogP contribution in [0.3, 0.4) is 0 Å². The van der Waals surface area contributed by atoms with Crippen LogP contribution in [0, 0.1) is 11.7 Å². The van der Waals surface area contributed by atoms with E-state index in [1.165, 1.54) is 17.4 Å². The summed E-state index contributed by atoms with van der Waals surface area (Å²) < 4.78 is 13.5. The van der Waals surface area contributed by atoms with Gasteiger partial charge in [0.25, 0.3) is 5.91 Å². The number of nitrogens with one attached hydrogen (secondary N) is 2. The minimum atomic E-state index is -0.384. The average Bonchev–Trinajstić information content (AvgIpc) is 2.40. The summed E-state index contributed by atoms with van der Waals surface area (Å²) in [6.07, 6.45) is 2.40. The van der Waals surface area contributed by atoms with Crippen LogP contribution in [0.1, 0.15) is 26.7 Å². The van der Waals surface area contributed by atoms with Crippen molar-refractivity contribution in [3.63, 3.8) is 0 Å². The molecular weight excluding hydrogens is 243 g/mol. The van der Waals surface area contributed by atoms with Crippen molar-refractivity contribution < 1.29 is 14.1 Å². The van der Waals surface area contributed by atoms with E-state index in [1.807, 2.05) is 6.92 Å². The van der Waals surface area contributed by atoms with E-state index in [9.17, 15) is 9.18 Å². The highest BCUT2D eigenvalue weighted by atomic mass is 19.1. The lowest BCUT2D eigenvalue weighted by atomic mass is 9.99. The summed E-state index contributed by atoms with van der Waals surface area (Å²) in [5.41, 5.74) is 0.267. The number of hydrogen-bond acceptors (Lipinski definition) is 1. The van der Waals surface area contributed by atoms with Gasteiger partial charge in [0.1, 0.15) is 5.82 Å². The Kier molecular flexibility index (Phi) is 4.53. The molecule has 3 atom stereocenters. The normalized spacial score (nSPS) is 24.8. The number of rotatable bonds is 3. The van der Waals surface area contributed by atoms with E-state index in [-0.39, 0.29) is 23.5 Å². The second-order valence-electron chi connectivity index (χ2n) is 5.55. The lowest BCUT2D eigenvalue weighted by Gasteiger charge is -2.31. The summed E-state index contributed by atoms with van der Waals surface area (Å²) in [5, 5.41) is 2.69. The molecule has 0 saturated carbocycles. The van der Waals surface area contributed by atoms with Gasteiger partial charge in [-0.1, -0.05) is 19.1 Å². The Morgan fingerprint density at radius 3 is 2.89 bits per heavy atom. The molecule has 1 aliphatic heterocycles. The fourth-order valence-corrected chi connectivity index (χ4v) is 2.71. The molecule has 4 heteroatoms. The van der Waals surface area contributed by atoms with Gasteiger partial charge < -0.3 is 10.2 Å². The molecule has 1 saturated heterocycles. The number of carbonyl (C=O) groups is 1. The molecule has 1 amide bonds. The fourth-order valence-electron chi connectivity index (χ4n) is 2.71. The van der Waals surface area contributed by atoms with Crippen LogP contribution in [-0.2, 0) is 4.79 Å². The summed E-state index contributed by atoms with van der Waals surface area (Å²) in [6, 6.07) is 6.15. The highest BCUT2D eigenvalue weighted by molar-refractivity contribution is 5.93. The fraction of sp³-hybridized carbons (Fsp3) is 0.533. The summed E-state index contributed by atoms with van der Waals surface area (Å²) in [7, 11) is 0. The molecule has 0 aromatic heterocycles. The third-order valence-electron chi connectivity index (χ3n) is 3.94. The Labute approximate surface area is 113 Å². The number of quaternary nitrogens is 1. The van der Waals surface area contributed by atoms with Crippen molar-refractivity contribution in [3.8, 4) is 0 Å². The van der Waals surface area contributed by atoms with Gasteiger partial charge >= 0.3 is 0 Å². The molecular formula is C15H22FN2O+. The van der Waals surface area contributed by atoms with Crippen LogP contribution in [0.15, 0.2) is 24.3 Å². The smallest absolute Gasteiger partial charge is 0.282 e.